The maximum atomic E-state index is 12.2. The highest BCUT2D eigenvalue weighted by molar-refractivity contribution is 5.95. The summed E-state index contributed by atoms with van der Waals surface area (Å²) in [6.45, 7) is 5.47. The van der Waals surface area contributed by atoms with Crippen LogP contribution in [0.4, 0.5) is 5.69 Å². The first-order valence-electron chi connectivity index (χ1n) is 6.95. The molecule has 1 saturated heterocycles. The van der Waals surface area contributed by atoms with Crippen LogP contribution < -0.4 is 16.0 Å². The molecule has 116 valence electrons. The first-order valence-corrected chi connectivity index (χ1v) is 6.95. The van der Waals surface area contributed by atoms with Crippen molar-refractivity contribution < 1.29 is 9.59 Å². The van der Waals surface area contributed by atoms with Gasteiger partial charge < -0.3 is 16.0 Å². The lowest BCUT2D eigenvalue weighted by molar-refractivity contribution is -0.114. The molecule has 0 aromatic heterocycles. The Morgan fingerprint density at radius 3 is 2.48 bits per heavy atom. The van der Waals surface area contributed by atoms with E-state index in [9.17, 15) is 9.59 Å². The third kappa shape index (κ3) is 5.02. The minimum Gasteiger partial charge on any atom is -0.349 e. The minimum atomic E-state index is -0.120. The van der Waals surface area contributed by atoms with E-state index in [1.54, 1.807) is 24.3 Å². The zero-order valence-corrected chi connectivity index (χ0v) is 13.1. The molecule has 0 bridgehead atoms. The van der Waals surface area contributed by atoms with Crippen LogP contribution in [-0.4, -0.2) is 30.9 Å². The van der Waals surface area contributed by atoms with Gasteiger partial charge in [0.05, 0.1) is 0 Å². The Hall–Kier alpha value is -1.59. The van der Waals surface area contributed by atoms with Gasteiger partial charge in [0.2, 0.25) is 5.91 Å². The predicted octanol–water partition coefficient (Wildman–Crippen LogP) is 1.79. The molecule has 21 heavy (non-hydrogen) atoms. The Kier molecular flexibility index (Phi) is 6.65. The van der Waals surface area contributed by atoms with Crippen LogP contribution in [0.1, 0.15) is 30.6 Å². The van der Waals surface area contributed by atoms with Crippen LogP contribution >= 0.6 is 12.4 Å². The lowest BCUT2D eigenvalue weighted by Crippen LogP contribution is -2.48. The Balaban J connectivity index is 0.00000220. The number of anilines is 1. The van der Waals surface area contributed by atoms with Gasteiger partial charge in [-0.25, -0.2) is 0 Å². The fourth-order valence-electron chi connectivity index (χ4n) is 2.39. The van der Waals surface area contributed by atoms with E-state index in [1.807, 2.05) is 0 Å². The number of carbonyl (C=O) groups is 2. The molecule has 1 aliphatic rings. The molecule has 3 N–H and O–H groups in total. The van der Waals surface area contributed by atoms with Gasteiger partial charge in [-0.1, -0.05) is 6.92 Å². The van der Waals surface area contributed by atoms with Gasteiger partial charge >= 0.3 is 0 Å². The molecule has 2 atom stereocenters. The summed E-state index contributed by atoms with van der Waals surface area (Å²) in [4.78, 5) is 23.1. The molecule has 0 radical (unpaired) electrons. The molecule has 0 spiro atoms. The summed E-state index contributed by atoms with van der Waals surface area (Å²) in [5.41, 5.74) is 1.31. The molecular weight excluding hydrogens is 290 g/mol. The SMILES string of the molecule is CC(=O)Nc1ccc(C(=O)NC2CCNCC2C)cc1.Cl. The average molecular weight is 312 g/mol. The van der Waals surface area contributed by atoms with Crippen molar-refractivity contribution in [2.75, 3.05) is 18.4 Å². The fourth-order valence-corrected chi connectivity index (χ4v) is 2.39. The van der Waals surface area contributed by atoms with Gasteiger partial charge in [-0.05, 0) is 49.7 Å². The topological polar surface area (TPSA) is 70.2 Å². The van der Waals surface area contributed by atoms with Crippen molar-refractivity contribution in [1.82, 2.24) is 10.6 Å². The molecule has 1 heterocycles. The monoisotopic (exact) mass is 311 g/mol. The van der Waals surface area contributed by atoms with Crippen LogP contribution in [0.5, 0.6) is 0 Å². The quantitative estimate of drug-likeness (QED) is 0.797. The maximum Gasteiger partial charge on any atom is 0.251 e. The lowest BCUT2D eigenvalue weighted by atomic mass is 9.95. The summed E-state index contributed by atoms with van der Waals surface area (Å²) in [7, 11) is 0. The summed E-state index contributed by atoms with van der Waals surface area (Å²) < 4.78 is 0. The van der Waals surface area contributed by atoms with E-state index in [-0.39, 0.29) is 30.3 Å². The van der Waals surface area contributed by atoms with E-state index in [0.29, 0.717) is 17.2 Å². The van der Waals surface area contributed by atoms with Crippen molar-refractivity contribution in [2.24, 2.45) is 5.92 Å². The highest BCUT2D eigenvalue weighted by Gasteiger charge is 2.22. The van der Waals surface area contributed by atoms with Gasteiger partial charge in [0, 0.05) is 24.2 Å². The fraction of sp³-hybridized carbons (Fsp3) is 0.467. The number of benzene rings is 1. The van der Waals surface area contributed by atoms with E-state index >= 15 is 0 Å². The largest absolute Gasteiger partial charge is 0.349 e. The Labute approximate surface area is 131 Å². The summed E-state index contributed by atoms with van der Waals surface area (Å²) in [6, 6.07) is 7.15. The molecule has 2 unspecified atom stereocenters. The second kappa shape index (κ2) is 8.00. The van der Waals surface area contributed by atoms with Crippen LogP contribution in [0.15, 0.2) is 24.3 Å². The summed E-state index contributed by atoms with van der Waals surface area (Å²) in [5.74, 6) is 0.259. The average Bonchev–Trinajstić information content (AvgIpc) is 2.41. The van der Waals surface area contributed by atoms with Gasteiger partial charge in [0.1, 0.15) is 0 Å². The second-order valence-electron chi connectivity index (χ2n) is 5.31. The standard InChI is InChI=1S/C15H21N3O2.ClH/c1-10-9-16-8-7-14(10)18-15(20)12-3-5-13(6-4-12)17-11(2)19;/h3-6,10,14,16H,7-9H2,1-2H3,(H,17,19)(H,18,20);1H. The molecule has 6 heteroatoms. The third-order valence-corrected chi connectivity index (χ3v) is 3.57. The summed E-state index contributed by atoms with van der Waals surface area (Å²) in [6.07, 6.45) is 0.955. The van der Waals surface area contributed by atoms with Gasteiger partial charge in [0.25, 0.3) is 5.91 Å². The lowest BCUT2D eigenvalue weighted by Gasteiger charge is -2.30. The maximum absolute atomic E-state index is 12.2. The molecule has 0 saturated carbocycles. The molecule has 1 aromatic carbocycles. The van der Waals surface area contributed by atoms with E-state index in [2.05, 4.69) is 22.9 Å². The highest BCUT2D eigenvalue weighted by Crippen LogP contribution is 2.13. The van der Waals surface area contributed by atoms with Gasteiger partial charge in [-0.3, -0.25) is 9.59 Å². The zero-order valence-electron chi connectivity index (χ0n) is 12.3. The van der Waals surface area contributed by atoms with Crippen molar-refractivity contribution in [2.45, 2.75) is 26.3 Å². The summed E-state index contributed by atoms with van der Waals surface area (Å²) in [5, 5.41) is 9.07. The smallest absolute Gasteiger partial charge is 0.251 e. The van der Waals surface area contributed by atoms with Gasteiger partial charge in [0.15, 0.2) is 0 Å². The molecule has 5 nitrogen and oxygen atoms in total. The first kappa shape index (κ1) is 17.5. The third-order valence-electron chi connectivity index (χ3n) is 3.57. The number of carbonyl (C=O) groups excluding carboxylic acids is 2. The Morgan fingerprint density at radius 1 is 1.24 bits per heavy atom. The van der Waals surface area contributed by atoms with Crippen LogP contribution in [0.2, 0.25) is 0 Å². The molecular formula is C15H22ClN3O2. The van der Waals surface area contributed by atoms with Crippen LogP contribution in [0.25, 0.3) is 0 Å². The van der Waals surface area contributed by atoms with Crippen molar-refractivity contribution in [1.29, 1.82) is 0 Å². The van der Waals surface area contributed by atoms with Crippen molar-refractivity contribution >= 4 is 29.9 Å². The number of hydrogen-bond donors (Lipinski definition) is 3. The predicted molar refractivity (Wildman–Crippen MR) is 85.9 cm³/mol. The number of hydrogen-bond acceptors (Lipinski definition) is 3. The molecule has 2 amide bonds. The molecule has 0 aliphatic carbocycles. The van der Waals surface area contributed by atoms with Crippen molar-refractivity contribution in [3.63, 3.8) is 0 Å². The molecule has 1 aliphatic heterocycles. The number of halogens is 1. The Bertz CT molecular complexity index is 490. The number of piperidine rings is 1. The van der Waals surface area contributed by atoms with Crippen LogP contribution in [-0.2, 0) is 4.79 Å². The number of rotatable bonds is 3. The van der Waals surface area contributed by atoms with Gasteiger partial charge in [-0.2, -0.15) is 0 Å². The number of nitrogens with one attached hydrogen (secondary N) is 3. The Morgan fingerprint density at radius 2 is 1.90 bits per heavy atom. The van der Waals surface area contributed by atoms with Crippen molar-refractivity contribution in [3.05, 3.63) is 29.8 Å². The zero-order chi connectivity index (χ0) is 14.5. The van der Waals surface area contributed by atoms with Crippen molar-refractivity contribution in [3.8, 4) is 0 Å². The normalized spacial score (nSPS) is 21.0. The highest BCUT2D eigenvalue weighted by atomic mass is 35.5. The van der Waals surface area contributed by atoms with E-state index < -0.39 is 0 Å². The number of amides is 2. The molecule has 1 aromatic rings. The molecule has 2 rings (SSSR count). The first-order chi connectivity index (χ1) is 9.56. The molecule has 1 fully saturated rings. The minimum absolute atomic E-state index is 0. The van der Waals surface area contributed by atoms with E-state index in [1.165, 1.54) is 6.92 Å². The van der Waals surface area contributed by atoms with Crippen LogP contribution in [0, 0.1) is 5.92 Å². The van der Waals surface area contributed by atoms with E-state index in [0.717, 1.165) is 19.5 Å². The van der Waals surface area contributed by atoms with Gasteiger partial charge in [-0.15, -0.1) is 12.4 Å². The van der Waals surface area contributed by atoms with Crippen LogP contribution in [0.3, 0.4) is 0 Å². The summed E-state index contributed by atoms with van der Waals surface area (Å²) >= 11 is 0. The second-order valence-corrected chi connectivity index (χ2v) is 5.31. The van der Waals surface area contributed by atoms with E-state index in [4.69, 9.17) is 0 Å².